The Morgan fingerprint density at radius 1 is 1.32 bits per heavy atom. The lowest BCUT2D eigenvalue weighted by molar-refractivity contribution is -0.0175. The van der Waals surface area contributed by atoms with Gasteiger partial charge < -0.3 is 15.0 Å². The van der Waals surface area contributed by atoms with Gasteiger partial charge in [-0.3, -0.25) is 14.8 Å². The van der Waals surface area contributed by atoms with Crippen molar-refractivity contribution in [1.82, 2.24) is 20.0 Å². The van der Waals surface area contributed by atoms with Crippen LogP contribution in [0.15, 0.2) is 4.99 Å². The maximum atomic E-state index is 5.55. The highest BCUT2D eigenvalue weighted by Crippen LogP contribution is 2.16. The molecule has 6 nitrogen and oxygen atoms in total. The summed E-state index contributed by atoms with van der Waals surface area (Å²) < 4.78 is 5.55. The Balaban J connectivity index is 0.00000312. The topological polar surface area (TPSA) is 43.3 Å². The van der Waals surface area contributed by atoms with Crippen LogP contribution in [0.4, 0.5) is 0 Å². The molecule has 1 N–H and O–H groups in total. The molecule has 2 rings (SSSR count). The van der Waals surface area contributed by atoms with E-state index in [0.717, 1.165) is 58.4 Å². The molecule has 7 heteroatoms. The third kappa shape index (κ3) is 6.22. The maximum absolute atomic E-state index is 5.55. The van der Waals surface area contributed by atoms with Gasteiger partial charge in [-0.05, 0) is 33.4 Å². The smallest absolute Gasteiger partial charge is 0.193 e. The van der Waals surface area contributed by atoms with Gasteiger partial charge in [-0.25, -0.2) is 0 Å². The second-order valence-corrected chi connectivity index (χ2v) is 7.05. The van der Waals surface area contributed by atoms with Crippen LogP contribution in [0, 0.1) is 0 Å². The highest BCUT2D eigenvalue weighted by molar-refractivity contribution is 14.0. The highest BCUT2D eigenvalue weighted by Gasteiger charge is 2.29. The molecule has 0 saturated carbocycles. The Morgan fingerprint density at radius 2 is 2.04 bits per heavy atom. The lowest BCUT2D eigenvalue weighted by Crippen LogP contribution is -2.53. The second-order valence-electron chi connectivity index (χ2n) is 7.05. The molecule has 148 valence electrons. The molecule has 2 aliphatic heterocycles. The van der Waals surface area contributed by atoms with E-state index in [9.17, 15) is 0 Å². The summed E-state index contributed by atoms with van der Waals surface area (Å²) in [5, 5.41) is 3.60. The van der Waals surface area contributed by atoms with E-state index in [1.54, 1.807) is 0 Å². The van der Waals surface area contributed by atoms with Crippen LogP contribution >= 0.6 is 24.0 Å². The first-order valence-electron chi connectivity index (χ1n) is 9.63. The molecule has 0 radical (unpaired) electrons. The molecule has 0 aromatic carbocycles. The molecular weight excluding hydrogens is 429 g/mol. The molecule has 2 saturated heterocycles. The quantitative estimate of drug-likeness (QED) is 0.366. The number of hydrogen-bond acceptors (Lipinski definition) is 4. The van der Waals surface area contributed by atoms with Gasteiger partial charge in [0.15, 0.2) is 5.96 Å². The average Bonchev–Trinajstić information content (AvgIpc) is 3.06. The highest BCUT2D eigenvalue weighted by atomic mass is 127. The standard InChI is InChI=1S/C18H37N5O.HI/c1-6-21(7-2)17-8-9-22(13-17)18(19-5)20-12-15(3)23-10-11-24-14-16(23)4;/h15-17H,6-14H2,1-5H3,(H,19,20);1H. The minimum Gasteiger partial charge on any atom is -0.379 e. The summed E-state index contributed by atoms with van der Waals surface area (Å²) in [4.78, 5) is 12.0. The molecule has 25 heavy (non-hydrogen) atoms. The summed E-state index contributed by atoms with van der Waals surface area (Å²) in [7, 11) is 1.90. The minimum atomic E-state index is 0. The molecule has 0 spiro atoms. The van der Waals surface area contributed by atoms with Crippen molar-refractivity contribution in [2.75, 3.05) is 59.5 Å². The van der Waals surface area contributed by atoms with E-state index in [-0.39, 0.29) is 24.0 Å². The van der Waals surface area contributed by atoms with Crippen molar-refractivity contribution in [3.05, 3.63) is 0 Å². The van der Waals surface area contributed by atoms with Crippen molar-refractivity contribution < 1.29 is 4.74 Å². The van der Waals surface area contributed by atoms with Gasteiger partial charge in [0.25, 0.3) is 0 Å². The van der Waals surface area contributed by atoms with Crippen LogP contribution in [0.25, 0.3) is 0 Å². The molecule has 0 aromatic rings. The SMILES string of the molecule is CCN(CC)C1CCN(C(=NC)NCC(C)N2CCOCC2C)C1.I. The van der Waals surface area contributed by atoms with E-state index in [1.807, 2.05) is 7.05 Å². The van der Waals surface area contributed by atoms with Gasteiger partial charge in [-0.15, -0.1) is 24.0 Å². The summed E-state index contributed by atoms with van der Waals surface area (Å²) >= 11 is 0. The number of halogens is 1. The molecule has 0 amide bonds. The summed E-state index contributed by atoms with van der Waals surface area (Å²) in [6.07, 6.45) is 1.23. The minimum absolute atomic E-state index is 0. The predicted octanol–water partition coefficient (Wildman–Crippen LogP) is 1.71. The Labute approximate surface area is 171 Å². The molecule has 2 fully saturated rings. The van der Waals surface area contributed by atoms with Crippen molar-refractivity contribution in [2.45, 2.75) is 52.2 Å². The van der Waals surface area contributed by atoms with E-state index in [4.69, 9.17) is 4.74 Å². The van der Waals surface area contributed by atoms with Crippen LogP contribution in [-0.4, -0.2) is 98.3 Å². The number of nitrogens with one attached hydrogen (secondary N) is 1. The number of nitrogens with zero attached hydrogens (tertiary/aromatic N) is 4. The van der Waals surface area contributed by atoms with Crippen molar-refractivity contribution in [2.24, 2.45) is 4.99 Å². The fourth-order valence-corrected chi connectivity index (χ4v) is 4.06. The number of guanidine groups is 1. The van der Waals surface area contributed by atoms with Crippen LogP contribution in [0.3, 0.4) is 0 Å². The van der Waals surface area contributed by atoms with Crippen molar-refractivity contribution in [1.29, 1.82) is 0 Å². The van der Waals surface area contributed by atoms with E-state index in [2.05, 4.69) is 52.7 Å². The summed E-state index contributed by atoms with van der Waals surface area (Å²) in [5.41, 5.74) is 0. The van der Waals surface area contributed by atoms with Gasteiger partial charge in [-0.2, -0.15) is 0 Å². The number of likely N-dealkylation sites (tertiary alicyclic amines) is 1. The van der Waals surface area contributed by atoms with Crippen molar-refractivity contribution in [3.8, 4) is 0 Å². The first-order chi connectivity index (χ1) is 11.6. The zero-order chi connectivity index (χ0) is 17.5. The van der Waals surface area contributed by atoms with Crippen LogP contribution in [0.5, 0.6) is 0 Å². The Morgan fingerprint density at radius 3 is 2.64 bits per heavy atom. The van der Waals surface area contributed by atoms with Crippen LogP contribution in [-0.2, 0) is 4.74 Å². The van der Waals surface area contributed by atoms with Gasteiger partial charge in [0, 0.05) is 51.4 Å². The van der Waals surface area contributed by atoms with E-state index in [0.29, 0.717) is 18.1 Å². The van der Waals surface area contributed by atoms with Gasteiger partial charge >= 0.3 is 0 Å². The third-order valence-electron chi connectivity index (χ3n) is 5.54. The van der Waals surface area contributed by atoms with Crippen molar-refractivity contribution in [3.63, 3.8) is 0 Å². The van der Waals surface area contributed by atoms with Crippen LogP contribution in [0.1, 0.15) is 34.1 Å². The summed E-state index contributed by atoms with van der Waals surface area (Å²) in [5.74, 6) is 1.05. The molecule has 2 heterocycles. The first kappa shape index (κ1) is 22.9. The summed E-state index contributed by atoms with van der Waals surface area (Å²) in [6.45, 7) is 17.2. The Kier molecular flexibility index (Phi) is 10.6. The molecule has 0 aliphatic carbocycles. The molecular formula is C18H38IN5O. The monoisotopic (exact) mass is 467 g/mol. The number of hydrogen-bond donors (Lipinski definition) is 1. The van der Waals surface area contributed by atoms with Crippen molar-refractivity contribution >= 4 is 29.9 Å². The van der Waals surface area contributed by atoms with E-state index in [1.165, 1.54) is 6.42 Å². The van der Waals surface area contributed by atoms with E-state index >= 15 is 0 Å². The largest absolute Gasteiger partial charge is 0.379 e. The number of ether oxygens (including phenoxy) is 1. The zero-order valence-electron chi connectivity index (χ0n) is 16.7. The van der Waals surface area contributed by atoms with E-state index < -0.39 is 0 Å². The number of likely N-dealkylation sites (N-methyl/N-ethyl adjacent to an activating group) is 1. The molecule has 0 aromatic heterocycles. The van der Waals surface area contributed by atoms with Crippen LogP contribution < -0.4 is 5.32 Å². The fourth-order valence-electron chi connectivity index (χ4n) is 4.06. The first-order valence-corrected chi connectivity index (χ1v) is 9.63. The maximum Gasteiger partial charge on any atom is 0.193 e. The Hall–Kier alpha value is -0.120. The zero-order valence-corrected chi connectivity index (χ0v) is 19.0. The normalized spacial score (nSPS) is 26.6. The fraction of sp³-hybridized carbons (Fsp3) is 0.944. The molecule has 2 aliphatic rings. The molecule has 0 bridgehead atoms. The van der Waals surface area contributed by atoms with Crippen LogP contribution in [0.2, 0.25) is 0 Å². The third-order valence-corrected chi connectivity index (χ3v) is 5.54. The Bertz CT molecular complexity index is 405. The summed E-state index contributed by atoms with van der Waals surface area (Å²) in [6, 6.07) is 1.65. The van der Waals surface area contributed by atoms with Gasteiger partial charge in [0.05, 0.1) is 13.2 Å². The van der Waals surface area contributed by atoms with Gasteiger partial charge in [0.1, 0.15) is 0 Å². The molecule has 3 unspecified atom stereocenters. The number of morpholine rings is 1. The number of rotatable bonds is 6. The lowest BCUT2D eigenvalue weighted by Gasteiger charge is -2.38. The number of aliphatic imine (C=N–C) groups is 1. The molecule has 3 atom stereocenters. The van der Waals surface area contributed by atoms with Gasteiger partial charge in [0.2, 0.25) is 0 Å². The lowest BCUT2D eigenvalue weighted by atomic mass is 10.2. The predicted molar refractivity (Wildman–Crippen MR) is 116 cm³/mol. The average molecular weight is 467 g/mol. The second kappa shape index (κ2) is 11.6. The van der Waals surface area contributed by atoms with Gasteiger partial charge in [-0.1, -0.05) is 13.8 Å².